The molecule has 1 aromatic carbocycles. The van der Waals surface area contributed by atoms with Gasteiger partial charge >= 0.3 is 0 Å². The van der Waals surface area contributed by atoms with Gasteiger partial charge in [-0.2, -0.15) is 0 Å². The molecule has 1 fully saturated rings. The molecule has 2 aliphatic rings. The molecule has 0 amide bonds. The van der Waals surface area contributed by atoms with Crippen LogP contribution >= 0.6 is 0 Å². The van der Waals surface area contributed by atoms with Crippen LogP contribution in [0.1, 0.15) is 24.8 Å². The van der Waals surface area contributed by atoms with Gasteiger partial charge in [-0.1, -0.05) is 24.3 Å². The Hall–Kier alpha value is -1.32. The number of allylic oxidation sites excluding steroid dienone is 2. The van der Waals surface area contributed by atoms with Crippen molar-refractivity contribution in [2.45, 2.75) is 25.8 Å². The lowest BCUT2D eigenvalue weighted by Crippen LogP contribution is -2.47. The van der Waals surface area contributed by atoms with E-state index in [4.69, 9.17) is 4.74 Å². The van der Waals surface area contributed by atoms with Crippen LogP contribution in [0.2, 0.25) is 0 Å². The maximum absolute atomic E-state index is 5.22. The van der Waals surface area contributed by atoms with Crippen molar-refractivity contribution in [3.63, 3.8) is 0 Å². The number of benzene rings is 1. The second-order valence-electron chi connectivity index (χ2n) is 6.58. The second-order valence-corrected chi connectivity index (χ2v) is 6.58. The van der Waals surface area contributed by atoms with Crippen LogP contribution in [0.3, 0.4) is 0 Å². The molecule has 1 saturated heterocycles. The number of piperazine rings is 1. The first kappa shape index (κ1) is 15.6. The first-order valence-electron chi connectivity index (χ1n) is 8.56. The van der Waals surface area contributed by atoms with E-state index in [-0.39, 0.29) is 0 Å². The molecule has 1 aromatic rings. The van der Waals surface area contributed by atoms with Crippen LogP contribution in [-0.4, -0.2) is 49.6 Å². The van der Waals surface area contributed by atoms with E-state index in [0.29, 0.717) is 0 Å². The Morgan fingerprint density at radius 3 is 2.36 bits per heavy atom. The van der Waals surface area contributed by atoms with Gasteiger partial charge in [0.2, 0.25) is 0 Å². The third-order valence-electron chi connectivity index (χ3n) is 4.92. The van der Waals surface area contributed by atoms with Gasteiger partial charge in [0.15, 0.2) is 0 Å². The average molecular weight is 300 g/mol. The van der Waals surface area contributed by atoms with Crippen LogP contribution < -0.4 is 4.74 Å². The fraction of sp³-hybridized carbons (Fsp3) is 0.579. The third-order valence-corrected chi connectivity index (χ3v) is 4.92. The van der Waals surface area contributed by atoms with E-state index in [2.05, 4.69) is 46.2 Å². The molecule has 0 saturated carbocycles. The number of nitrogens with zero attached hydrogens (tertiary/aromatic N) is 2. The van der Waals surface area contributed by atoms with Gasteiger partial charge in [0, 0.05) is 39.3 Å². The number of methoxy groups -OCH3 is 1. The van der Waals surface area contributed by atoms with Crippen LogP contribution in [0.15, 0.2) is 36.4 Å². The number of rotatable bonds is 5. The average Bonchev–Trinajstić information content (AvgIpc) is 2.58. The summed E-state index contributed by atoms with van der Waals surface area (Å²) in [4.78, 5) is 5.23. The quantitative estimate of drug-likeness (QED) is 0.777. The van der Waals surface area contributed by atoms with Crippen molar-refractivity contribution < 1.29 is 4.74 Å². The molecule has 22 heavy (non-hydrogen) atoms. The summed E-state index contributed by atoms with van der Waals surface area (Å²) in [6, 6.07) is 8.48. The molecule has 0 N–H and O–H groups in total. The Morgan fingerprint density at radius 2 is 1.73 bits per heavy atom. The molecule has 0 unspecified atom stereocenters. The lowest BCUT2D eigenvalue weighted by atomic mass is 9.94. The largest absolute Gasteiger partial charge is 0.497 e. The monoisotopic (exact) mass is 300 g/mol. The molecule has 1 atom stereocenters. The van der Waals surface area contributed by atoms with Gasteiger partial charge in [-0.3, -0.25) is 4.90 Å². The van der Waals surface area contributed by atoms with Crippen molar-refractivity contribution in [3.8, 4) is 5.75 Å². The summed E-state index contributed by atoms with van der Waals surface area (Å²) in [6.07, 6.45) is 8.65. The van der Waals surface area contributed by atoms with Gasteiger partial charge in [0.1, 0.15) is 5.75 Å². The Bertz CT molecular complexity index is 475. The molecule has 3 rings (SSSR count). The number of hydrogen-bond acceptors (Lipinski definition) is 3. The van der Waals surface area contributed by atoms with Crippen LogP contribution in [0.4, 0.5) is 0 Å². The van der Waals surface area contributed by atoms with Crippen molar-refractivity contribution in [2.75, 3.05) is 39.8 Å². The topological polar surface area (TPSA) is 15.7 Å². The van der Waals surface area contributed by atoms with Gasteiger partial charge < -0.3 is 9.64 Å². The van der Waals surface area contributed by atoms with Crippen molar-refractivity contribution >= 4 is 0 Å². The summed E-state index contributed by atoms with van der Waals surface area (Å²) < 4.78 is 5.22. The fourth-order valence-electron chi connectivity index (χ4n) is 3.51. The molecule has 1 aliphatic heterocycles. The SMILES string of the molecule is COc1ccc(CN2CCN(C[C@H]3CC=CCC3)CC2)cc1. The summed E-state index contributed by atoms with van der Waals surface area (Å²) in [5.74, 6) is 1.83. The van der Waals surface area contributed by atoms with Crippen molar-refractivity contribution in [2.24, 2.45) is 5.92 Å². The molecule has 3 heteroatoms. The minimum absolute atomic E-state index is 0.887. The first-order valence-corrected chi connectivity index (χ1v) is 8.56. The van der Waals surface area contributed by atoms with Crippen LogP contribution in [0.25, 0.3) is 0 Å². The molecule has 0 radical (unpaired) electrons. The van der Waals surface area contributed by atoms with Gasteiger partial charge in [-0.25, -0.2) is 0 Å². The van der Waals surface area contributed by atoms with Gasteiger partial charge in [-0.05, 0) is 42.9 Å². The minimum atomic E-state index is 0.887. The maximum Gasteiger partial charge on any atom is 0.118 e. The predicted molar refractivity (Wildman–Crippen MR) is 91.2 cm³/mol. The van der Waals surface area contributed by atoms with Crippen LogP contribution in [0, 0.1) is 5.92 Å². The Morgan fingerprint density at radius 1 is 1.00 bits per heavy atom. The molecular weight excluding hydrogens is 272 g/mol. The highest BCUT2D eigenvalue weighted by molar-refractivity contribution is 5.27. The standard InChI is InChI=1S/C19H28N2O/c1-22-19-9-7-18(8-10-19)16-21-13-11-20(12-14-21)15-17-5-3-2-4-6-17/h2-3,7-10,17H,4-6,11-16H2,1H3/t17-/m0/s1. The first-order chi connectivity index (χ1) is 10.8. The second kappa shape index (κ2) is 7.80. The minimum Gasteiger partial charge on any atom is -0.497 e. The highest BCUT2D eigenvalue weighted by Gasteiger charge is 2.20. The lowest BCUT2D eigenvalue weighted by Gasteiger charge is -2.36. The Kier molecular flexibility index (Phi) is 5.52. The normalized spacial score (nSPS) is 23.6. The predicted octanol–water partition coefficient (Wildman–Crippen LogP) is 3.17. The van der Waals surface area contributed by atoms with E-state index in [1.807, 2.05) is 0 Å². The van der Waals surface area contributed by atoms with E-state index in [1.54, 1.807) is 7.11 Å². The summed E-state index contributed by atoms with van der Waals surface area (Å²) in [7, 11) is 1.72. The lowest BCUT2D eigenvalue weighted by molar-refractivity contribution is 0.111. The van der Waals surface area contributed by atoms with Crippen molar-refractivity contribution in [1.82, 2.24) is 9.80 Å². The van der Waals surface area contributed by atoms with E-state index in [0.717, 1.165) is 18.2 Å². The molecular formula is C19H28N2O. The van der Waals surface area contributed by atoms with Gasteiger partial charge in [0.05, 0.1) is 7.11 Å². The van der Waals surface area contributed by atoms with Crippen LogP contribution in [-0.2, 0) is 6.54 Å². The highest BCUT2D eigenvalue weighted by Crippen LogP contribution is 2.20. The zero-order valence-corrected chi connectivity index (χ0v) is 13.7. The molecule has 0 bridgehead atoms. The van der Waals surface area contributed by atoms with E-state index < -0.39 is 0 Å². The van der Waals surface area contributed by atoms with E-state index in [1.165, 1.54) is 57.5 Å². The maximum atomic E-state index is 5.22. The number of ether oxygens (including phenoxy) is 1. The summed E-state index contributed by atoms with van der Waals surface area (Å²) >= 11 is 0. The molecule has 3 nitrogen and oxygen atoms in total. The Balaban J connectivity index is 1.42. The van der Waals surface area contributed by atoms with Crippen LogP contribution in [0.5, 0.6) is 5.75 Å². The zero-order chi connectivity index (χ0) is 15.2. The van der Waals surface area contributed by atoms with E-state index in [9.17, 15) is 0 Å². The Labute approximate surface area is 134 Å². The fourth-order valence-corrected chi connectivity index (χ4v) is 3.51. The van der Waals surface area contributed by atoms with Gasteiger partial charge in [-0.15, -0.1) is 0 Å². The molecule has 0 aromatic heterocycles. The molecule has 0 spiro atoms. The summed E-state index contributed by atoms with van der Waals surface area (Å²) in [5.41, 5.74) is 1.38. The highest BCUT2D eigenvalue weighted by atomic mass is 16.5. The smallest absolute Gasteiger partial charge is 0.118 e. The number of hydrogen-bond donors (Lipinski definition) is 0. The molecule has 1 heterocycles. The molecule has 120 valence electrons. The van der Waals surface area contributed by atoms with E-state index >= 15 is 0 Å². The zero-order valence-electron chi connectivity index (χ0n) is 13.7. The van der Waals surface area contributed by atoms with Gasteiger partial charge in [0.25, 0.3) is 0 Å². The molecule has 1 aliphatic carbocycles. The van der Waals surface area contributed by atoms with Crippen molar-refractivity contribution in [1.29, 1.82) is 0 Å². The summed E-state index contributed by atoms with van der Waals surface area (Å²) in [6.45, 7) is 7.17. The summed E-state index contributed by atoms with van der Waals surface area (Å²) in [5, 5.41) is 0. The third kappa shape index (κ3) is 4.34. The van der Waals surface area contributed by atoms with Crippen molar-refractivity contribution in [3.05, 3.63) is 42.0 Å².